The maximum atomic E-state index is 9.67. The van der Waals surface area contributed by atoms with Crippen LogP contribution in [0.4, 0.5) is 13.2 Å². The van der Waals surface area contributed by atoms with Gasteiger partial charge in [0.05, 0.1) is 10.9 Å². The summed E-state index contributed by atoms with van der Waals surface area (Å²) in [6.45, 7) is -3.67. The minimum absolute atomic E-state index is 0.0262. The average molecular weight is 459 g/mol. The lowest BCUT2D eigenvalue weighted by atomic mass is 10.4. The first-order valence-corrected chi connectivity index (χ1v) is 9.40. The molecule has 0 aliphatic heterocycles. The molecule has 0 fully saturated rings. The van der Waals surface area contributed by atoms with E-state index in [0.29, 0.717) is 0 Å². The summed E-state index contributed by atoms with van der Waals surface area (Å²) in [7, 11) is -0.0262. The van der Waals surface area contributed by atoms with Gasteiger partial charge in [0.2, 0.25) is 0 Å². The highest BCUT2D eigenvalue weighted by molar-refractivity contribution is 14.1. The van der Waals surface area contributed by atoms with Gasteiger partial charge in [-0.1, -0.05) is 36.4 Å². The van der Waals surface area contributed by atoms with Crippen LogP contribution in [0.5, 0.6) is 0 Å². The van der Waals surface area contributed by atoms with Crippen LogP contribution in [0.1, 0.15) is 0 Å². The van der Waals surface area contributed by atoms with E-state index in [4.69, 9.17) is 0 Å². The lowest BCUT2D eigenvalue weighted by Crippen LogP contribution is -2.04. The van der Waals surface area contributed by atoms with E-state index in [1.54, 1.807) is 0 Å². The van der Waals surface area contributed by atoms with E-state index < -0.39 is 6.68 Å². The second-order valence-electron chi connectivity index (χ2n) is 4.63. The predicted molar refractivity (Wildman–Crippen MR) is 101 cm³/mol. The third kappa shape index (κ3) is 5.87. The lowest BCUT2D eigenvalue weighted by molar-refractivity contribution is 0.00819. The van der Waals surface area contributed by atoms with E-state index in [2.05, 4.69) is 108 Å². The van der Waals surface area contributed by atoms with Crippen LogP contribution in [0.25, 0.3) is 0 Å². The number of benzene rings is 3. The van der Waals surface area contributed by atoms with Crippen LogP contribution in [0.2, 0.25) is 0 Å². The molecular formula is C19H15F3IS+. The topological polar surface area (TPSA) is 0 Å². The molecule has 0 amide bonds. The van der Waals surface area contributed by atoms with Crippen LogP contribution >= 0.6 is 22.6 Å². The van der Waals surface area contributed by atoms with Gasteiger partial charge in [0, 0.05) is 3.57 Å². The molecule has 0 nitrogen and oxygen atoms in total. The van der Waals surface area contributed by atoms with Crippen molar-refractivity contribution in [3.05, 3.63) is 88.5 Å². The summed E-state index contributed by atoms with van der Waals surface area (Å²) in [5.74, 6) is 0. The van der Waals surface area contributed by atoms with Gasteiger partial charge in [-0.05, 0) is 71.1 Å². The summed E-state index contributed by atoms with van der Waals surface area (Å²) in [4.78, 5) is 4.09. The predicted octanol–water partition coefficient (Wildman–Crippen LogP) is 6.57. The van der Waals surface area contributed by atoms with Gasteiger partial charge in [0.1, 0.15) is 0 Å². The van der Waals surface area contributed by atoms with E-state index in [1.807, 2.05) is 0 Å². The van der Waals surface area contributed by atoms with E-state index >= 15 is 0 Å². The zero-order chi connectivity index (χ0) is 17.4. The highest BCUT2D eigenvalue weighted by atomic mass is 127. The number of alkyl halides is 3. The third-order valence-corrected chi connectivity index (χ3v) is 5.96. The van der Waals surface area contributed by atoms with Crippen LogP contribution < -0.4 is 0 Å². The highest BCUT2D eigenvalue weighted by Gasteiger charge is 2.27. The van der Waals surface area contributed by atoms with Crippen LogP contribution in [0.15, 0.2) is 99.6 Å². The zero-order valence-corrected chi connectivity index (χ0v) is 15.6. The zero-order valence-electron chi connectivity index (χ0n) is 12.6. The molecule has 0 unspecified atom stereocenters. The standard InChI is InChI=1S/C18H14IS.CHF3/c19-15-11-13-18(14-12-15)20(16-7-3-1-4-8-16)17-9-5-2-6-10-17;2-1(3)4/h1-14H;1H/q+1;. The Hall–Kier alpha value is -1.47. The van der Waals surface area contributed by atoms with Crippen molar-refractivity contribution in [1.29, 1.82) is 0 Å². The Labute approximate surface area is 156 Å². The summed E-state index contributed by atoms with van der Waals surface area (Å²) in [5.41, 5.74) is 0. The van der Waals surface area contributed by atoms with Crippen molar-refractivity contribution >= 4 is 33.5 Å². The largest absolute Gasteiger partial charge is 0.379 e. The molecule has 0 N–H and O–H groups in total. The summed E-state index contributed by atoms with van der Waals surface area (Å²) in [6, 6.07) is 30.3. The van der Waals surface area contributed by atoms with E-state index in [1.165, 1.54) is 18.3 Å². The fraction of sp³-hybridized carbons (Fsp3) is 0.0526. The van der Waals surface area contributed by atoms with Gasteiger partial charge in [-0.25, -0.2) is 0 Å². The Bertz CT molecular complexity index is 676. The molecule has 0 bridgehead atoms. The normalized spacial score (nSPS) is 10.4. The molecule has 0 aliphatic rings. The molecule has 3 aromatic carbocycles. The van der Waals surface area contributed by atoms with Crippen molar-refractivity contribution in [3.8, 4) is 0 Å². The lowest BCUT2D eigenvalue weighted by Gasteiger charge is -2.07. The molecule has 0 atom stereocenters. The van der Waals surface area contributed by atoms with Crippen molar-refractivity contribution in [3.63, 3.8) is 0 Å². The summed E-state index contributed by atoms with van der Waals surface area (Å²) < 4.78 is 30.3. The molecular weight excluding hydrogens is 444 g/mol. The van der Waals surface area contributed by atoms with E-state index in [9.17, 15) is 13.2 Å². The molecule has 0 spiro atoms. The van der Waals surface area contributed by atoms with Crippen LogP contribution in [-0.4, -0.2) is 6.68 Å². The molecule has 3 aromatic rings. The smallest absolute Gasteiger partial charge is 0.174 e. The molecule has 0 saturated heterocycles. The monoisotopic (exact) mass is 459 g/mol. The molecule has 0 heterocycles. The van der Waals surface area contributed by atoms with Crippen LogP contribution in [0, 0.1) is 3.57 Å². The minimum atomic E-state index is -3.67. The van der Waals surface area contributed by atoms with Gasteiger partial charge in [-0.2, -0.15) is 13.2 Å². The summed E-state index contributed by atoms with van der Waals surface area (Å²) in [6.07, 6.45) is 0. The van der Waals surface area contributed by atoms with Gasteiger partial charge in [0.15, 0.2) is 14.7 Å². The van der Waals surface area contributed by atoms with E-state index in [-0.39, 0.29) is 10.9 Å². The first kappa shape index (κ1) is 18.9. The van der Waals surface area contributed by atoms with Gasteiger partial charge >= 0.3 is 6.68 Å². The fourth-order valence-electron chi connectivity index (χ4n) is 2.09. The molecule has 3 rings (SSSR count). The van der Waals surface area contributed by atoms with Crippen LogP contribution in [0.3, 0.4) is 0 Å². The van der Waals surface area contributed by atoms with Crippen molar-refractivity contribution in [1.82, 2.24) is 0 Å². The van der Waals surface area contributed by atoms with Crippen molar-refractivity contribution < 1.29 is 13.2 Å². The third-order valence-electron chi connectivity index (χ3n) is 3.01. The Morgan fingerprint density at radius 1 is 0.583 bits per heavy atom. The molecule has 0 radical (unpaired) electrons. The molecule has 5 heteroatoms. The Balaban J connectivity index is 0.000000471. The fourth-order valence-corrected chi connectivity index (χ4v) is 4.54. The Kier molecular flexibility index (Phi) is 7.65. The first-order chi connectivity index (χ1) is 11.6. The molecule has 0 aliphatic carbocycles. The second-order valence-corrected chi connectivity index (χ2v) is 7.91. The van der Waals surface area contributed by atoms with Gasteiger partial charge in [-0.3, -0.25) is 0 Å². The maximum Gasteiger partial charge on any atom is 0.379 e. The highest BCUT2D eigenvalue weighted by Crippen LogP contribution is 2.31. The maximum absolute atomic E-state index is 9.67. The number of hydrogen-bond acceptors (Lipinski definition) is 0. The molecule has 0 saturated carbocycles. The number of hydrogen-bond donors (Lipinski definition) is 0. The second kappa shape index (κ2) is 9.74. The summed E-state index contributed by atoms with van der Waals surface area (Å²) in [5, 5.41) is 0. The van der Waals surface area contributed by atoms with Crippen molar-refractivity contribution in [2.75, 3.05) is 0 Å². The minimum Gasteiger partial charge on any atom is -0.174 e. The first-order valence-electron chi connectivity index (χ1n) is 7.10. The number of rotatable bonds is 3. The van der Waals surface area contributed by atoms with E-state index in [0.717, 1.165) is 0 Å². The molecule has 24 heavy (non-hydrogen) atoms. The molecule has 124 valence electrons. The SMILES string of the molecule is FC(F)F.Ic1ccc([S+](c2ccccc2)c2ccccc2)cc1. The van der Waals surface area contributed by atoms with Gasteiger partial charge in [0.25, 0.3) is 0 Å². The van der Waals surface area contributed by atoms with Crippen molar-refractivity contribution in [2.45, 2.75) is 21.4 Å². The number of halogens is 4. The van der Waals surface area contributed by atoms with Crippen LogP contribution in [-0.2, 0) is 10.9 Å². The Morgan fingerprint density at radius 2 is 0.917 bits per heavy atom. The average Bonchev–Trinajstić information content (AvgIpc) is 2.58. The van der Waals surface area contributed by atoms with Gasteiger partial charge < -0.3 is 0 Å². The molecule has 0 aromatic heterocycles. The Morgan fingerprint density at radius 3 is 1.29 bits per heavy atom. The van der Waals surface area contributed by atoms with Gasteiger partial charge in [-0.15, -0.1) is 0 Å². The van der Waals surface area contributed by atoms with Crippen molar-refractivity contribution in [2.24, 2.45) is 0 Å². The summed E-state index contributed by atoms with van der Waals surface area (Å²) >= 11 is 2.35. The quantitative estimate of drug-likeness (QED) is 0.307.